The maximum Gasteiger partial charge on any atom is 0.0992 e. The van der Waals surface area contributed by atoms with Gasteiger partial charge >= 0.3 is 0 Å². The molecule has 0 spiro atoms. The van der Waals surface area contributed by atoms with Crippen LogP contribution in [0.1, 0.15) is 35.1 Å². The quantitative estimate of drug-likeness (QED) is 0.0859. The summed E-state index contributed by atoms with van der Waals surface area (Å²) >= 11 is 0. The van der Waals surface area contributed by atoms with Crippen molar-refractivity contribution in [3.05, 3.63) is 163 Å². The number of allylic oxidation sites excluding steroid dienone is 6. The highest BCUT2D eigenvalue weighted by atomic mass is 14.8. The largest absolute Gasteiger partial charge is 0.405 e. The van der Waals surface area contributed by atoms with Gasteiger partial charge < -0.3 is 11.5 Å². The number of nitrogens with two attached hydrogens (primary N) is 2. The second-order valence-corrected chi connectivity index (χ2v) is 10.8. The van der Waals surface area contributed by atoms with Crippen LogP contribution in [0.2, 0.25) is 0 Å². The molecule has 5 aromatic rings. The van der Waals surface area contributed by atoms with Crippen LogP contribution < -0.4 is 11.5 Å². The Bertz CT molecular complexity index is 2190. The van der Waals surface area contributed by atoms with Gasteiger partial charge in [-0.1, -0.05) is 92.1 Å². The maximum atomic E-state index is 9.35. The number of benzene rings is 3. The van der Waals surface area contributed by atoms with Crippen LogP contribution in [0.4, 0.5) is 0 Å². The molecule has 6 heteroatoms. The Morgan fingerprint density at radius 2 is 1.56 bits per heavy atom. The van der Waals surface area contributed by atoms with Crippen LogP contribution >= 0.6 is 0 Å². The zero-order valence-corrected chi connectivity index (χ0v) is 26.5. The van der Waals surface area contributed by atoms with Gasteiger partial charge in [0.25, 0.3) is 0 Å². The van der Waals surface area contributed by atoms with Crippen molar-refractivity contribution in [1.29, 1.82) is 10.5 Å². The van der Waals surface area contributed by atoms with E-state index in [9.17, 15) is 10.5 Å². The van der Waals surface area contributed by atoms with Crippen LogP contribution in [-0.2, 0) is 0 Å². The number of aromatic nitrogens is 2. The lowest BCUT2D eigenvalue weighted by Gasteiger charge is -2.21. The van der Waals surface area contributed by atoms with Crippen molar-refractivity contribution in [3.8, 4) is 45.8 Å². The number of nitriles is 2. The van der Waals surface area contributed by atoms with Crippen molar-refractivity contribution >= 4 is 28.5 Å². The minimum atomic E-state index is 0.523. The third-order valence-electron chi connectivity index (χ3n) is 7.97. The summed E-state index contributed by atoms with van der Waals surface area (Å²) in [5.41, 5.74) is 21.7. The van der Waals surface area contributed by atoms with Gasteiger partial charge in [-0.2, -0.15) is 10.5 Å². The predicted molar refractivity (Wildman–Crippen MR) is 198 cm³/mol. The van der Waals surface area contributed by atoms with Crippen molar-refractivity contribution in [2.75, 3.05) is 0 Å². The highest BCUT2D eigenvalue weighted by molar-refractivity contribution is 6.11. The molecule has 0 saturated heterocycles. The number of nitrogens with zero attached hydrogens (tertiary/aromatic N) is 4. The standard InChI is InChI=1S/C42H34N6/c1-3-35-36(4-2)42(34-16-18-39(48-28-34)40-23-30(26-45)20-22-47-40)37-17-15-32(31-12-8-6-9-13-31)24-38(37)41(35)33(27-46)14-10-5-7-11-29(25-44)19-21-43/h3-4,6,8-24,27-28H,1-2,5,7,43,46H2/b14-10-,21-19-,29-11+,33-27+. The van der Waals surface area contributed by atoms with E-state index in [1.165, 1.54) is 6.20 Å². The van der Waals surface area contributed by atoms with E-state index in [-0.39, 0.29) is 0 Å². The summed E-state index contributed by atoms with van der Waals surface area (Å²) in [4.78, 5) is 9.17. The highest BCUT2D eigenvalue weighted by Gasteiger charge is 2.20. The van der Waals surface area contributed by atoms with Gasteiger partial charge in [-0.3, -0.25) is 9.97 Å². The molecule has 0 aliphatic carbocycles. The van der Waals surface area contributed by atoms with Gasteiger partial charge in [0.2, 0.25) is 0 Å². The van der Waals surface area contributed by atoms with Gasteiger partial charge in [-0.25, -0.2) is 0 Å². The highest BCUT2D eigenvalue weighted by Crippen LogP contribution is 2.43. The molecule has 0 bridgehead atoms. The maximum absolute atomic E-state index is 9.35. The number of hydrogen-bond donors (Lipinski definition) is 2. The molecule has 6 nitrogen and oxygen atoms in total. The third-order valence-corrected chi connectivity index (χ3v) is 7.97. The molecule has 0 saturated carbocycles. The van der Waals surface area contributed by atoms with Gasteiger partial charge in [-0.15, -0.1) is 0 Å². The zero-order valence-electron chi connectivity index (χ0n) is 26.5. The topological polar surface area (TPSA) is 125 Å². The Morgan fingerprint density at radius 3 is 2.23 bits per heavy atom. The molecule has 0 atom stereocenters. The summed E-state index contributed by atoms with van der Waals surface area (Å²) in [5.74, 6) is 0. The van der Waals surface area contributed by atoms with Crippen molar-refractivity contribution in [1.82, 2.24) is 9.97 Å². The molecule has 3 aromatic carbocycles. The van der Waals surface area contributed by atoms with Gasteiger partial charge in [-0.05, 0) is 99.1 Å². The Balaban J connectivity index is 1.69. The summed E-state index contributed by atoms with van der Waals surface area (Å²) in [5, 5.41) is 20.6. The average Bonchev–Trinajstić information content (AvgIpc) is 3.15. The van der Waals surface area contributed by atoms with Gasteiger partial charge in [0.15, 0.2) is 0 Å². The second kappa shape index (κ2) is 15.5. The molecule has 0 amide bonds. The SMILES string of the molecule is C=Cc1c(C=C)c(-c2ccc(-c3cc(C#N)ccn3)nc2)c2ccc(-c3ccccc3)cc2c1C(/C=C\CC/C=C(C#N)\C=C/N)=C/N. The van der Waals surface area contributed by atoms with Crippen molar-refractivity contribution in [2.45, 2.75) is 12.8 Å². The fourth-order valence-corrected chi connectivity index (χ4v) is 5.74. The first-order valence-electron chi connectivity index (χ1n) is 15.4. The van der Waals surface area contributed by atoms with Crippen molar-refractivity contribution in [3.63, 3.8) is 0 Å². The van der Waals surface area contributed by atoms with E-state index in [1.54, 1.807) is 30.6 Å². The molecule has 0 unspecified atom stereocenters. The zero-order chi connectivity index (χ0) is 33.9. The summed E-state index contributed by atoms with van der Waals surface area (Å²) < 4.78 is 0. The molecule has 0 aliphatic heterocycles. The van der Waals surface area contributed by atoms with E-state index in [2.05, 4.69) is 66.7 Å². The van der Waals surface area contributed by atoms with E-state index >= 15 is 0 Å². The summed E-state index contributed by atoms with van der Waals surface area (Å²) in [6.45, 7) is 8.43. The molecule has 2 aromatic heterocycles. The second-order valence-electron chi connectivity index (χ2n) is 10.8. The molecule has 2 heterocycles. The lowest BCUT2D eigenvalue weighted by Crippen LogP contribution is -2.00. The van der Waals surface area contributed by atoms with Gasteiger partial charge in [0.1, 0.15) is 0 Å². The lowest BCUT2D eigenvalue weighted by molar-refractivity contribution is 1.05. The number of pyridine rings is 2. The Kier molecular flexibility index (Phi) is 10.5. The van der Waals surface area contributed by atoms with Crippen LogP contribution in [0.3, 0.4) is 0 Å². The first-order valence-corrected chi connectivity index (χ1v) is 15.4. The van der Waals surface area contributed by atoms with Crippen LogP contribution in [0.15, 0.2) is 141 Å². The summed E-state index contributed by atoms with van der Waals surface area (Å²) in [6, 6.07) is 28.3. The van der Waals surface area contributed by atoms with Gasteiger partial charge in [0, 0.05) is 29.7 Å². The lowest BCUT2D eigenvalue weighted by atomic mass is 9.82. The third kappa shape index (κ3) is 6.89. The first-order chi connectivity index (χ1) is 23.6. The summed E-state index contributed by atoms with van der Waals surface area (Å²) in [6.07, 6.45) is 19.0. The Hall–Kier alpha value is -6.76. The fraction of sp³-hybridized carbons (Fsp3) is 0.0476. The van der Waals surface area contributed by atoms with Crippen molar-refractivity contribution < 1.29 is 0 Å². The van der Waals surface area contributed by atoms with E-state index < -0.39 is 0 Å². The molecule has 0 aliphatic rings. The number of rotatable bonds is 11. The Labute approximate surface area is 281 Å². The van der Waals surface area contributed by atoms with Gasteiger partial charge in [0.05, 0.1) is 29.1 Å². The van der Waals surface area contributed by atoms with Crippen LogP contribution in [0, 0.1) is 22.7 Å². The molecule has 4 N–H and O–H groups in total. The van der Waals surface area contributed by atoms with E-state index in [1.807, 2.05) is 60.8 Å². The number of fused-ring (bicyclic) bond motifs is 1. The summed E-state index contributed by atoms with van der Waals surface area (Å²) in [7, 11) is 0. The normalized spacial score (nSPS) is 11.9. The van der Waals surface area contributed by atoms with Crippen LogP contribution in [-0.4, -0.2) is 9.97 Å². The molecular weight excluding hydrogens is 589 g/mol. The number of hydrogen-bond acceptors (Lipinski definition) is 6. The minimum Gasteiger partial charge on any atom is -0.405 e. The molecule has 0 radical (unpaired) electrons. The molecular formula is C42H34N6. The Morgan fingerprint density at radius 1 is 0.771 bits per heavy atom. The first kappa shape index (κ1) is 32.6. The van der Waals surface area contributed by atoms with E-state index in [4.69, 9.17) is 16.5 Å². The van der Waals surface area contributed by atoms with Crippen LogP contribution in [0.5, 0.6) is 0 Å². The minimum absolute atomic E-state index is 0.523. The van der Waals surface area contributed by atoms with Crippen molar-refractivity contribution in [2.24, 2.45) is 11.5 Å². The molecule has 232 valence electrons. The fourth-order valence-electron chi connectivity index (χ4n) is 5.74. The average molecular weight is 623 g/mol. The molecule has 5 rings (SSSR count). The van der Waals surface area contributed by atoms with E-state index in [0.29, 0.717) is 35.4 Å². The smallest absolute Gasteiger partial charge is 0.0992 e. The van der Waals surface area contributed by atoms with E-state index in [0.717, 1.165) is 55.3 Å². The molecule has 48 heavy (non-hydrogen) atoms. The van der Waals surface area contributed by atoms with Crippen LogP contribution in [0.25, 0.3) is 62.1 Å². The predicted octanol–water partition coefficient (Wildman–Crippen LogP) is 9.35. The monoisotopic (exact) mass is 622 g/mol. The number of unbranched alkanes of at least 4 members (excludes halogenated alkanes) is 1. The molecule has 0 fully saturated rings.